The van der Waals surface area contributed by atoms with Crippen molar-refractivity contribution in [2.75, 3.05) is 0 Å². The third kappa shape index (κ3) is 1.01. The van der Waals surface area contributed by atoms with Crippen LogP contribution in [0.1, 0.15) is 18.6 Å². The molecule has 0 saturated heterocycles. The Hall–Kier alpha value is -1.28. The Bertz CT molecular complexity index is 387. The normalized spacial score (nSPS) is 13.5. The highest BCUT2D eigenvalue weighted by molar-refractivity contribution is 5.81. The van der Waals surface area contributed by atoms with Crippen LogP contribution in [0.4, 0.5) is 0 Å². The summed E-state index contributed by atoms with van der Waals surface area (Å²) in [7, 11) is 0. The highest BCUT2D eigenvalue weighted by Crippen LogP contribution is 2.25. The van der Waals surface area contributed by atoms with E-state index in [1.807, 2.05) is 24.3 Å². The minimum Gasteiger partial charge on any atom is -0.464 e. The SMILES string of the molecule is C[C@H](O)c1coc2ccccc12. The molecule has 0 aliphatic rings. The van der Waals surface area contributed by atoms with E-state index in [9.17, 15) is 5.11 Å². The van der Waals surface area contributed by atoms with Gasteiger partial charge in [0, 0.05) is 10.9 Å². The van der Waals surface area contributed by atoms with Crippen LogP contribution in [0.2, 0.25) is 0 Å². The lowest BCUT2D eigenvalue weighted by molar-refractivity contribution is 0.199. The predicted molar refractivity (Wildman–Crippen MR) is 46.8 cm³/mol. The van der Waals surface area contributed by atoms with Gasteiger partial charge in [0.25, 0.3) is 0 Å². The maximum atomic E-state index is 9.35. The molecule has 0 unspecified atom stereocenters. The van der Waals surface area contributed by atoms with Gasteiger partial charge in [0.05, 0.1) is 12.4 Å². The van der Waals surface area contributed by atoms with Crippen LogP contribution in [0.3, 0.4) is 0 Å². The number of furan rings is 1. The van der Waals surface area contributed by atoms with Gasteiger partial charge >= 0.3 is 0 Å². The maximum absolute atomic E-state index is 9.35. The lowest BCUT2D eigenvalue weighted by Crippen LogP contribution is -1.87. The molecule has 2 heteroatoms. The number of hydrogen-bond acceptors (Lipinski definition) is 2. The summed E-state index contributed by atoms with van der Waals surface area (Å²) >= 11 is 0. The van der Waals surface area contributed by atoms with Crippen molar-refractivity contribution in [3.63, 3.8) is 0 Å². The molecule has 12 heavy (non-hydrogen) atoms. The quantitative estimate of drug-likeness (QED) is 0.698. The van der Waals surface area contributed by atoms with Gasteiger partial charge in [0.15, 0.2) is 0 Å². The first-order valence-electron chi connectivity index (χ1n) is 3.93. The second-order valence-corrected chi connectivity index (χ2v) is 2.86. The van der Waals surface area contributed by atoms with E-state index >= 15 is 0 Å². The molecule has 0 amide bonds. The first-order chi connectivity index (χ1) is 5.79. The molecular formula is C10H10O2. The minimum atomic E-state index is -0.464. The van der Waals surface area contributed by atoms with E-state index in [1.54, 1.807) is 13.2 Å². The summed E-state index contributed by atoms with van der Waals surface area (Å²) in [4.78, 5) is 0. The Labute approximate surface area is 70.4 Å². The Kier molecular flexibility index (Phi) is 1.62. The lowest BCUT2D eigenvalue weighted by Gasteiger charge is -1.98. The van der Waals surface area contributed by atoms with Crippen LogP contribution in [0.5, 0.6) is 0 Å². The van der Waals surface area contributed by atoms with Crippen molar-refractivity contribution in [1.29, 1.82) is 0 Å². The minimum absolute atomic E-state index is 0.464. The highest BCUT2D eigenvalue weighted by Gasteiger charge is 2.08. The standard InChI is InChI=1S/C10H10O2/c1-7(11)9-6-12-10-5-3-2-4-8(9)10/h2-7,11H,1H3/t7-/m0/s1. The Balaban J connectivity index is 2.70. The average molecular weight is 162 g/mol. The van der Waals surface area contributed by atoms with Crippen molar-refractivity contribution < 1.29 is 9.52 Å². The van der Waals surface area contributed by atoms with E-state index in [1.165, 1.54) is 0 Å². The second kappa shape index (κ2) is 2.64. The Morgan fingerprint density at radius 2 is 2.08 bits per heavy atom. The molecule has 0 aliphatic heterocycles. The predicted octanol–water partition coefficient (Wildman–Crippen LogP) is 2.49. The number of aliphatic hydroxyl groups excluding tert-OH is 1. The largest absolute Gasteiger partial charge is 0.464 e. The molecule has 0 saturated carbocycles. The number of para-hydroxylation sites is 1. The Morgan fingerprint density at radius 1 is 1.33 bits per heavy atom. The molecule has 1 heterocycles. The molecule has 0 bridgehead atoms. The van der Waals surface area contributed by atoms with Gasteiger partial charge < -0.3 is 9.52 Å². The highest BCUT2D eigenvalue weighted by atomic mass is 16.3. The van der Waals surface area contributed by atoms with Gasteiger partial charge in [-0.05, 0) is 13.0 Å². The summed E-state index contributed by atoms with van der Waals surface area (Å²) in [5.41, 5.74) is 1.68. The molecule has 2 nitrogen and oxygen atoms in total. The smallest absolute Gasteiger partial charge is 0.134 e. The van der Waals surface area contributed by atoms with Crippen LogP contribution in [0.15, 0.2) is 34.9 Å². The molecule has 2 aromatic rings. The summed E-state index contributed by atoms with van der Waals surface area (Å²) in [6, 6.07) is 7.68. The molecule has 2 rings (SSSR count). The van der Waals surface area contributed by atoms with E-state index in [-0.39, 0.29) is 0 Å². The zero-order chi connectivity index (χ0) is 8.55. The molecule has 0 aliphatic carbocycles. The van der Waals surface area contributed by atoms with Crippen LogP contribution in [-0.2, 0) is 0 Å². The summed E-state index contributed by atoms with van der Waals surface area (Å²) < 4.78 is 5.25. The van der Waals surface area contributed by atoms with Gasteiger partial charge in [-0.2, -0.15) is 0 Å². The van der Waals surface area contributed by atoms with Crippen molar-refractivity contribution in [2.45, 2.75) is 13.0 Å². The first kappa shape index (κ1) is 7.37. The second-order valence-electron chi connectivity index (χ2n) is 2.86. The van der Waals surface area contributed by atoms with Crippen molar-refractivity contribution >= 4 is 11.0 Å². The van der Waals surface area contributed by atoms with Crippen molar-refractivity contribution in [1.82, 2.24) is 0 Å². The monoisotopic (exact) mass is 162 g/mol. The van der Waals surface area contributed by atoms with E-state index in [4.69, 9.17) is 4.42 Å². The molecule has 1 aromatic carbocycles. The van der Waals surface area contributed by atoms with Gasteiger partial charge in [-0.1, -0.05) is 18.2 Å². The summed E-state index contributed by atoms with van der Waals surface area (Å²) in [6.45, 7) is 1.73. The number of hydrogen-bond donors (Lipinski definition) is 1. The zero-order valence-corrected chi connectivity index (χ0v) is 6.82. The van der Waals surface area contributed by atoms with Gasteiger partial charge in [-0.25, -0.2) is 0 Å². The average Bonchev–Trinajstić information content (AvgIpc) is 2.47. The van der Waals surface area contributed by atoms with Crippen molar-refractivity contribution in [3.8, 4) is 0 Å². The van der Waals surface area contributed by atoms with E-state index in [0.29, 0.717) is 0 Å². The van der Waals surface area contributed by atoms with Crippen LogP contribution in [-0.4, -0.2) is 5.11 Å². The number of aliphatic hydroxyl groups is 1. The Morgan fingerprint density at radius 3 is 2.83 bits per heavy atom. The fourth-order valence-electron chi connectivity index (χ4n) is 1.32. The summed E-state index contributed by atoms with van der Waals surface area (Å²) in [5.74, 6) is 0. The molecule has 0 radical (unpaired) electrons. The van der Waals surface area contributed by atoms with Gasteiger partial charge in [-0.3, -0.25) is 0 Å². The summed E-state index contributed by atoms with van der Waals surface area (Å²) in [5, 5.41) is 10.3. The van der Waals surface area contributed by atoms with Crippen LogP contribution in [0.25, 0.3) is 11.0 Å². The molecule has 1 atom stereocenters. The molecule has 1 aromatic heterocycles. The van der Waals surface area contributed by atoms with E-state index in [2.05, 4.69) is 0 Å². The van der Waals surface area contributed by atoms with E-state index < -0.39 is 6.10 Å². The number of benzene rings is 1. The van der Waals surface area contributed by atoms with Gasteiger partial charge in [-0.15, -0.1) is 0 Å². The topological polar surface area (TPSA) is 33.4 Å². The molecule has 0 spiro atoms. The fraction of sp³-hybridized carbons (Fsp3) is 0.200. The van der Waals surface area contributed by atoms with Crippen molar-refractivity contribution in [3.05, 3.63) is 36.1 Å². The number of fused-ring (bicyclic) bond motifs is 1. The maximum Gasteiger partial charge on any atom is 0.134 e. The van der Waals surface area contributed by atoms with E-state index in [0.717, 1.165) is 16.5 Å². The lowest BCUT2D eigenvalue weighted by atomic mass is 10.1. The van der Waals surface area contributed by atoms with Crippen LogP contribution in [0, 0.1) is 0 Å². The van der Waals surface area contributed by atoms with Crippen LogP contribution < -0.4 is 0 Å². The van der Waals surface area contributed by atoms with Gasteiger partial charge in [0.1, 0.15) is 5.58 Å². The number of rotatable bonds is 1. The third-order valence-electron chi connectivity index (χ3n) is 1.96. The molecule has 62 valence electrons. The third-order valence-corrected chi connectivity index (χ3v) is 1.96. The van der Waals surface area contributed by atoms with Crippen LogP contribution >= 0.6 is 0 Å². The summed E-state index contributed by atoms with van der Waals surface area (Å²) in [6.07, 6.45) is 1.14. The van der Waals surface area contributed by atoms with Crippen molar-refractivity contribution in [2.24, 2.45) is 0 Å². The zero-order valence-electron chi connectivity index (χ0n) is 6.82. The van der Waals surface area contributed by atoms with Gasteiger partial charge in [0.2, 0.25) is 0 Å². The molecule has 0 fully saturated rings. The first-order valence-corrected chi connectivity index (χ1v) is 3.93. The molecule has 1 N–H and O–H groups in total. The fourth-order valence-corrected chi connectivity index (χ4v) is 1.32. The molecular weight excluding hydrogens is 152 g/mol.